The largest absolute Gasteiger partial charge is 0.507 e. The molecule has 0 fully saturated rings. The number of aromatic hydroxyl groups is 1. The fourth-order valence-corrected chi connectivity index (χ4v) is 2.43. The molecule has 0 aliphatic heterocycles. The fourth-order valence-electron chi connectivity index (χ4n) is 2.43. The third-order valence-corrected chi connectivity index (χ3v) is 4.16. The molecule has 0 bridgehead atoms. The standard InChI is InChI=1S/C22H26F5NO/c1-12(24)17(26)18(27)19(16(25)10-23)28-11-13-8-14(21(2,3)4)9-15(20(13)29)22(5,6)7/h8-9,11,29H,1,10H2,2-7H3/b18-17-,19-16-,28-11?. The molecule has 0 amide bonds. The lowest BCUT2D eigenvalue weighted by Gasteiger charge is -2.27. The average Bonchev–Trinajstić information content (AvgIpc) is 2.59. The highest BCUT2D eigenvalue weighted by molar-refractivity contribution is 5.86. The van der Waals surface area contributed by atoms with Gasteiger partial charge in [-0.1, -0.05) is 54.2 Å². The van der Waals surface area contributed by atoms with E-state index < -0.39 is 41.1 Å². The first kappa shape index (κ1) is 24.6. The van der Waals surface area contributed by atoms with Gasteiger partial charge in [0.25, 0.3) is 0 Å². The number of allylic oxidation sites excluding steroid dienone is 4. The van der Waals surface area contributed by atoms with Crippen LogP contribution in [-0.2, 0) is 10.8 Å². The van der Waals surface area contributed by atoms with E-state index in [4.69, 9.17) is 0 Å². The van der Waals surface area contributed by atoms with Gasteiger partial charge in [0.05, 0.1) is 0 Å². The Labute approximate surface area is 168 Å². The first-order valence-electron chi connectivity index (χ1n) is 8.88. The van der Waals surface area contributed by atoms with Crippen LogP contribution in [0.4, 0.5) is 22.0 Å². The maximum absolute atomic E-state index is 14.1. The number of alkyl halides is 1. The van der Waals surface area contributed by atoms with Crippen LogP contribution in [0.5, 0.6) is 5.75 Å². The zero-order valence-corrected chi connectivity index (χ0v) is 17.4. The minimum Gasteiger partial charge on any atom is -0.507 e. The normalized spacial score (nSPS) is 14.7. The van der Waals surface area contributed by atoms with Gasteiger partial charge < -0.3 is 5.11 Å². The summed E-state index contributed by atoms with van der Waals surface area (Å²) in [5.74, 6) is -7.80. The first-order valence-corrected chi connectivity index (χ1v) is 8.88. The molecule has 0 saturated carbocycles. The molecule has 0 spiro atoms. The van der Waals surface area contributed by atoms with Crippen LogP contribution in [0.3, 0.4) is 0 Å². The summed E-state index contributed by atoms with van der Waals surface area (Å²) < 4.78 is 66.9. The van der Waals surface area contributed by atoms with Gasteiger partial charge in [0.2, 0.25) is 0 Å². The number of hydrogen-bond donors (Lipinski definition) is 1. The van der Waals surface area contributed by atoms with Gasteiger partial charge in [0, 0.05) is 17.3 Å². The van der Waals surface area contributed by atoms with Crippen molar-refractivity contribution in [2.24, 2.45) is 4.99 Å². The molecule has 1 aromatic carbocycles. The highest BCUT2D eigenvalue weighted by Crippen LogP contribution is 2.37. The fraction of sp³-hybridized carbons (Fsp3) is 0.409. The summed E-state index contributed by atoms with van der Waals surface area (Å²) in [6, 6.07) is 3.38. The van der Waals surface area contributed by atoms with E-state index in [-0.39, 0.29) is 16.7 Å². The van der Waals surface area contributed by atoms with Crippen LogP contribution in [0, 0.1) is 0 Å². The molecule has 0 atom stereocenters. The Hall–Kier alpha value is -2.44. The topological polar surface area (TPSA) is 32.6 Å². The molecule has 0 aromatic heterocycles. The summed E-state index contributed by atoms with van der Waals surface area (Å²) in [7, 11) is 0. The SMILES string of the molecule is C=C(F)/C(F)=C(F)\C(N=Cc1cc(C(C)(C)C)cc(C(C)(C)C)c1O)=C(\F)CF. The first-order chi connectivity index (χ1) is 13.1. The van der Waals surface area contributed by atoms with Crippen LogP contribution in [0.2, 0.25) is 0 Å². The molecule has 1 rings (SSSR count). The lowest BCUT2D eigenvalue weighted by Crippen LogP contribution is -2.17. The molecule has 0 radical (unpaired) electrons. The van der Waals surface area contributed by atoms with Crippen LogP contribution in [-0.4, -0.2) is 18.0 Å². The van der Waals surface area contributed by atoms with Crippen molar-refractivity contribution >= 4 is 6.21 Å². The van der Waals surface area contributed by atoms with Gasteiger partial charge >= 0.3 is 0 Å². The molecule has 160 valence electrons. The molecule has 0 aliphatic carbocycles. The van der Waals surface area contributed by atoms with Crippen LogP contribution < -0.4 is 0 Å². The summed E-state index contributed by atoms with van der Waals surface area (Å²) in [5, 5.41) is 10.6. The van der Waals surface area contributed by atoms with Gasteiger partial charge in [0.15, 0.2) is 23.3 Å². The van der Waals surface area contributed by atoms with E-state index in [2.05, 4.69) is 11.6 Å². The lowest BCUT2D eigenvalue weighted by atomic mass is 9.79. The second-order valence-corrected chi connectivity index (χ2v) is 8.64. The number of phenols is 1. The molecule has 7 heteroatoms. The molecule has 29 heavy (non-hydrogen) atoms. The predicted octanol–water partition coefficient (Wildman–Crippen LogP) is 7.19. The Kier molecular flexibility index (Phi) is 7.57. The van der Waals surface area contributed by atoms with E-state index in [0.717, 1.165) is 11.8 Å². The Morgan fingerprint density at radius 2 is 1.55 bits per heavy atom. The van der Waals surface area contributed by atoms with Crippen molar-refractivity contribution in [2.45, 2.75) is 52.4 Å². The van der Waals surface area contributed by atoms with E-state index in [1.807, 2.05) is 47.6 Å². The van der Waals surface area contributed by atoms with Gasteiger partial charge in [-0.25, -0.2) is 22.0 Å². The maximum atomic E-state index is 14.1. The summed E-state index contributed by atoms with van der Waals surface area (Å²) in [5.41, 5.74) is -0.692. The zero-order chi connectivity index (χ0) is 22.7. The zero-order valence-electron chi connectivity index (χ0n) is 17.4. The Morgan fingerprint density at radius 3 is 1.97 bits per heavy atom. The molecule has 2 nitrogen and oxygen atoms in total. The molecule has 0 heterocycles. The molecule has 1 N–H and O–H groups in total. The second kappa shape index (κ2) is 8.93. The molecular weight excluding hydrogens is 389 g/mol. The third kappa shape index (κ3) is 6.02. The van der Waals surface area contributed by atoms with E-state index in [1.165, 1.54) is 0 Å². The van der Waals surface area contributed by atoms with E-state index >= 15 is 0 Å². The quantitative estimate of drug-likeness (QED) is 0.308. The molecule has 0 aliphatic rings. The van der Waals surface area contributed by atoms with Crippen LogP contribution in [0.1, 0.15) is 58.2 Å². The summed E-state index contributed by atoms with van der Waals surface area (Å²) in [6.45, 7) is 12.2. The number of halogens is 5. The molecule has 0 saturated heterocycles. The van der Waals surface area contributed by atoms with Gasteiger partial charge in [-0.15, -0.1) is 0 Å². The van der Waals surface area contributed by atoms with Crippen LogP contribution >= 0.6 is 0 Å². The Morgan fingerprint density at radius 1 is 1.00 bits per heavy atom. The highest BCUT2D eigenvalue weighted by Gasteiger charge is 2.25. The van der Waals surface area contributed by atoms with E-state index in [1.54, 1.807) is 6.07 Å². The number of aliphatic imine (C=N–C) groups is 1. The number of rotatable bonds is 5. The van der Waals surface area contributed by atoms with Gasteiger partial charge in [-0.05, 0) is 22.5 Å². The number of benzene rings is 1. The van der Waals surface area contributed by atoms with Crippen molar-refractivity contribution in [3.8, 4) is 5.75 Å². The highest BCUT2D eigenvalue weighted by atomic mass is 19.2. The summed E-state index contributed by atoms with van der Waals surface area (Å²) in [6.07, 6.45) is 0.887. The van der Waals surface area contributed by atoms with Crippen molar-refractivity contribution in [3.63, 3.8) is 0 Å². The summed E-state index contributed by atoms with van der Waals surface area (Å²) in [4.78, 5) is 3.47. The van der Waals surface area contributed by atoms with Crippen LogP contribution in [0.25, 0.3) is 0 Å². The monoisotopic (exact) mass is 415 g/mol. The van der Waals surface area contributed by atoms with Crippen molar-refractivity contribution in [2.75, 3.05) is 6.67 Å². The van der Waals surface area contributed by atoms with Gasteiger partial charge in [-0.3, -0.25) is 4.99 Å². The summed E-state index contributed by atoms with van der Waals surface area (Å²) >= 11 is 0. The maximum Gasteiger partial charge on any atom is 0.196 e. The molecule has 0 unspecified atom stereocenters. The van der Waals surface area contributed by atoms with Gasteiger partial charge in [-0.2, -0.15) is 0 Å². The van der Waals surface area contributed by atoms with Crippen LogP contribution in [0.15, 0.2) is 52.7 Å². The lowest BCUT2D eigenvalue weighted by molar-refractivity contribution is 0.442. The number of nitrogens with zero attached hydrogens (tertiary/aromatic N) is 1. The minimum atomic E-state index is -2.08. The van der Waals surface area contributed by atoms with E-state index in [9.17, 15) is 27.1 Å². The minimum absolute atomic E-state index is 0.0961. The molecular formula is C22H26F5NO. The Balaban J connectivity index is 3.71. The van der Waals surface area contributed by atoms with Crippen molar-refractivity contribution < 1.29 is 27.1 Å². The van der Waals surface area contributed by atoms with Gasteiger partial charge in [0.1, 0.15) is 18.1 Å². The average molecular weight is 415 g/mol. The van der Waals surface area contributed by atoms with Crippen molar-refractivity contribution in [3.05, 3.63) is 64.4 Å². The Bertz CT molecular complexity index is 884. The molecule has 1 aromatic rings. The van der Waals surface area contributed by atoms with Crippen molar-refractivity contribution in [1.29, 1.82) is 0 Å². The number of phenolic OH excluding ortho intramolecular Hbond substituents is 1. The van der Waals surface area contributed by atoms with Crippen molar-refractivity contribution in [1.82, 2.24) is 0 Å². The number of hydrogen-bond acceptors (Lipinski definition) is 2. The third-order valence-electron chi connectivity index (χ3n) is 4.16. The smallest absolute Gasteiger partial charge is 0.196 e. The second-order valence-electron chi connectivity index (χ2n) is 8.64. The van der Waals surface area contributed by atoms with E-state index in [0.29, 0.717) is 5.56 Å². The predicted molar refractivity (Wildman–Crippen MR) is 107 cm³/mol.